The Kier molecular flexibility index (Phi) is 3.87. The molecule has 0 saturated heterocycles. The molecule has 0 bridgehead atoms. The molecule has 0 saturated carbocycles. The van der Waals surface area contributed by atoms with E-state index in [0.29, 0.717) is 10.7 Å². The van der Waals surface area contributed by atoms with Gasteiger partial charge in [0.15, 0.2) is 5.13 Å². The molecule has 6 nitrogen and oxygen atoms in total. The van der Waals surface area contributed by atoms with Crippen molar-refractivity contribution in [3.63, 3.8) is 0 Å². The number of hydrogen-bond donors (Lipinski definition) is 3. The fourth-order valence-electron chi connectivity index (χ4n) is 1.19. The first kappa shape index (κ1) is 12.1. The maximum atomic E-state index is 11.6. The van der Waals surface area contributed by atoms with E-state index in [1.165, 1.54) is 11.3 Å². The van der Waals surface area contributed by atoms with Crippen LogP contribution in [0.3, 0.4) is 0 Å². The lowest BCUT2D eigenvalue weighted by Crippen LogP contribution is -2.43. The van der Waals surface area contributed by atoms with Crippen LogP contribution in [0.4, 0.5) is 9.93 Å². The predicted molar refractivity (Wildman–Crippen MR) is 68.2 cm³/mol. The Morgan fingerprint density at radius 2 is 1.89 bits per heavy atom. The van der Waals surface area contributed by atoms with Gasteiger partial charge in [-0.3, -0.25) is 15.5 Å². The van der Waals surface area contributed by atoms with E-state index in [2.05, 4.69) is 21.2 Å². The van der Waals surface area contributed by atoms with Gasteiger partial charge in [-0.1, -0.05) is 18.2 Å². The molecule has 7 heteroatoms. The van der Waals surface area contributed by atoms with Crippen molar-refractivity contribution in [2.24, 2.45) is 0 Å². The Labute approximate surface area is 107 Å². The maximum absolute atomic E-state index is 11.6. The molecule has 0 atom stereocenters. The zero-order chi connectivity index (χ0) is 12.8. The minimum absolute atomic E-state index is 0.384. The second-order valence-corrected chi connectivity index (χ2v) is 4.13. The van der Waals surface area contributed by atoms with Gasteiger partial charge in [0.2, 0.25) is 0 Å². The zero-order valence-corrected chi connectivity index (χ0v) is 10.0. The van der Waals surface area contributed by atoms with E-state index in [-0.39, 0.29) is 5.91 Å². The third kappa shape index (κ3) is 3.29. The molecule has 3 N–H and O–H groups in total. The van der Waals surface area contributed by atoms with Gasteiger partial charge in [-0.2, -0.15) is 0 Å². The normalized spacial score (nSPS) is 9.56. The van der Waals surface area contributed by atoms with Crippen molar-refractivity contribution in [1.29, 1.82) is 0 Å². The topological polar surface area (TPSA) is 83.1 Å². The molecule has 1 heterocycles. The summed E-state index contributed by atoms with van der Waals surface area (Å²) in [5.74, 6) is -0.384. The first-order valence-corrected chi connectivity index (χ1v) is 5.95. The van der Waals surface area contributed by atoms with Gasteiger partial charge >= 0.3 is 6.03 Å². The van der Waals surface area contributed by atoms with E-state index < -0.39 is 6.03 Å². The minimum atomic E-state index is -0.547. The van der Waals surface area contributed by atoms with E-state index in [4.69, 9.17) is 0 Å². The molecular weight excluding hydrogens is 252 g/mol. The number of aromatic nitrogens is 1. The first-order chi connectivity index (χ1) is 8.75. The molecule has 92 valence electrons. The second-order valence-electron chi connectivity index (χ2n) is 3.24. The summed E-state index contributed by atoms with van der Waals surface area (Å²) in [5, 5.41) is 4.67. The molecule has 0 aliphatic heterocycles. The Bertz CT molecular complexity index is 527. The summed E-state index contributed by atoms with van der Waals surface area (Å²) in [5.41, 5.74) is 4.99. The van der Waals surface area contributed by atoms with Crippen LogP contribution in [0.25, 0.3) is 0 Å². The van der Waals surface area contributed by atoms with Crippen molar-refractivity contribution in [1.82, 2.24) is 15.8 Å². The van der Waals surface area contributed by atoms with Crippen molar-refractivity contribution in [3.8, 4) is 0 Å². The lowest BCUT2D eigenvalue weighted by atomic mass is 10.2. The molecule has 2 aromatic rings. The molecule has 3 amide bonds. The van der Waals surface area contributed by atoms with Crippen LogP contribution in [-0.4, -0.2) is 16.9 Å². The molecule has 18 heavy (non-hydrogen) atoms. The Balaban J connectivity index is 1.81. The molecule has 1 aromatic heterocycles. The zero-order valence-electron chi connectivity index (χ0n) is 9.21. The first-order valence-electron chi connectivity index (χ1n) is 5.07. The number of anilines is 1. The lowest BCUT2D eigenvalue weighted by molar-refractivity contribution is 0.0938. The van der Waals surface area contributed by atoms with Crippen LogP contribution >= 0.6 is 11.3 Å². The standard InChI is InChI=1S/C11H10N4O2S/c16-9(8-4-2-1-3-5-8)14-15-10(17)13-11-12-6-7-18-11/h1-7H,(H,14,16)(H2,12,13,15,17). The van der Waals surface area contributed by atoms with Gasteiger partial charge in [0.05, 0.1) is 0 Å². The Morgan fingerprint density at radius 3 is 2.56 bits per heavy atom. The fraction of sp³-hybridized carbons (Fsp3) is 0. The van der Waals surface area contributed by atoms with E-state index in [1.807, 2.05) is 0 Å². The van der Waals surface area contributed by atoms with Gasteiger partial charge in [0, 0.05) is 17.1 Å². The SMILES string of the molecule is O=C(NNC(=O)c1ccccc1)Nc1nccs1. The van der Waals surface area contributed by atoms with E-state index >= 15 is 0 Å². The molecule has 0 unspecified atom stereocenters. The summed E-state index contributed by atoms with van der Waals surface area (Å²) in [7, 11) is 0. The van der Waals surface area contributed by atoms with Crippen LogP contribution < -0.4 is 16.2 Å². The Morgan fingerprint density at radius 1 is 1.11 bits per heavy atom. The van der Waals surface area contributed by atoms with Crippen molar-refractivity contribution >= 4 is 28.4 Å². The number of urea groups is 1. The van der Waals surface area contributed by atoms with E-state index in [1.54, 1.807) is 41.9 Å². The van der Waals surface area contributed by atoms with Crippen molar-refractivity contribution in [2.45, 2.75) is 0 Å². The quantitative estimate of drug-likeness (QED) is 0.719. The maximum Gasteiger partial charge on any atom is 0.339 e. The number of nitrogens with zero attached hydrogens (tertiary/aromatic N) is 1. The van der Waals surface area contributed by atoms with Crippen LogP contribution in [0.5, 0.6) is 0 Å². The van der Waals surface area contributed by atoms with Crippen LogP contribution in [0, 0.1) is 0 Å². The Hall–Kier alpha value is -2.41. The molecule has 0 fully saturated rings. The van der Waals surface area contributed by atoms with Crippen molar-refractivity contribution in [2.75, 3.05) is 5.32 Å². The summed E-state index contributed by atoms with van der Waals surface area (Å²) < 4.78 is 0. The smallest absolute Gasteiger partial charge is 0.282 e. The average molecular weight is 262 g/mol. The van der Waals surface area contributed by atoms with Crippen molar-refractivity contribution in [3.05, 3.63) is 47.5 Å². The van der Waals surface area contributed by atoms with E-state index in [9.17, 15) is 9.59 Å². The minimum Gasteiger partial charge on any atom is -0.282 e. The number of carbonyl (C=O) groups excluding carboxylic acids is 2. The molecule has 2 rings (SSSR count). The van der Waals surface area contributed by atoms with Crippen molar-refractivity contribution < 1.29 is 9.59 Å². The predicted octanol–water partition coefficient (Wildman–Crippen LogP) is 1.61. The summed E-state index contributed by atoms with van der Waals surface area (Å²) in [6.45, 7) is 0. The van der Waals surface area contributed by atoms with Gasteiger partial charge in [-0.15, -0.1) is 11.3 Å². The molecule has 1 aromatic carbocycles. The third-order valence-corrected chi connectivity index (χ3v) is 2.67. The number of rotatable bonds is 2. The summed E-state index contributed by atoms with van der Waals surface area (Å²) in [6.07, 6.45) is 1.57. The molecule has 0 spiro atoms. The second kappa shape index (κ2) is 5.78. The number of amides is 3. The highest BCUT2D eigenvalue weighted by molar-refractivity contribution is 7.13. The molecule has 0 radical (unpaired) electrons. The number of benzene rings is 1. The molecule has 0 aliphatic rings. The van der Waals surface area contributed by atoms with Crippen LogP contribution in [0.1, 0.15) is 10.4 Å². The highest BCUT2D eigenvalue weighted by atomic mass is 32.1. The third-order valence-electron chi connectivity index (χ3n) is 1.98. The van der Waals surface area contributed by atoms with Crippen LogP contribution in [0.15, 0.2) is 41.9 Å². The number of nitrogens with one attached hydrogen (secondary N) is 3. The fourth-order valence-corrected chi connectivity index (χ4v) is 1.71. The summed E-state index contributed by atoms with van der Waals surface area (Å²) in [4.78, 5) is 26.8. The van der Waals surface area contributed by atoms with Gasteiger partial charge < -0.3 is 0 Å². The lowest BCUT2D eigenvalue weighted by Gasteiger charge is -2.07. The largest absolute Gasteiger partial charge is 0.339 e. The number of carbonyl (C=O) groups is 2. The summed E-state index contributed by atoms with van der Waals surface area (Å²) in [6, 6.07) is 8.04. The van der Waals surface area contributed by atoms with Gasteiger partial charge in [0.1, 0.15) is 0 Å². The van der Waals surface area contributed by atoms with Crippen LogP contribution in [-0.2, 0) is 0 Å². The van der Waals surface area contributed by atoms with Gasteiger partial charge in [-0.05, 0) is 12.1 Å². The van der Waals surface area contributed by atoms with Gasteiger partial charge in [0.25, 0.3) is 5.91 Å². The van der Waals surface area contributed by atoms with E-state index in [0.717, 1.165) is 0 Å². The number of hydrogen-bond acceptors (Lipinski definition) is 4. The van der Waals surface area contributed by atoms with Gasteiger partial charge in [-0.25, -0.2) is 15.2 Å². The average Bonchev–Trinajstić information content (AvgIpc) is 2.90. The molecular formula is C11H10N4O2S. The highest BCUT2D eigenvalue weighted by Crippen LogP contribution is 2.09. The number of hydrazine groups is 1. The highest BCUT2D eigenvalue weighted by Gasteiger charge is 2.07. The summed E-state index contributed by atoms with van der Waals surface area (Å²) >= 11 is 1.29. The molecule has 0 aliphatic carbocycles. The van der Waals surface area contributed by atoms with Crippen LogP contribution in [0.2, 0.25) is 0 Å². The number of thiazole rings is 1. The monoisotopic (exact) mass is 262 g/mol.